The van der Waals surface area contributed by atoms with E-state index in [1.54, 1.807) is 0 Å². The summed E-state index contributed by atoms with van der Waals surface area (Å²) in [5, 5.41) is 34.4. The fourth-order valence-corrected chi connectivity index (χ4v) is 3.31. The zero-order valence-corrected chi connectivity index (χ0v) is 18.7. The Bertz CT molecular complexity index is 1070. The van der Waals surface area contributed by atoms with Crippen molar-refractivity contribution in [3.63, 3.8) is 0 Å². The van der Waals surface area contributed by atoms with Gasteiger partial charge >= 0.3 is 12.2 Å². The molecule has 0 spiro atoms. The lowest BCUT2D eigenvalue weighted by Gasteiger charge is -2.18. The van der Waals surface area contributed by atoms with E-state index in [0.29, 0.717) is 11.4 Å². The van der Waals surface area contributed by atoms with Gasteiger partial charge in [0.2, 0.25) is 0 Å². The summed E-state index contributed by atoms with van der Waals surface area (Å²) < 4.78 is 49.7. The standard InChI is InChI=1S/C22H26F3N5O6/c23-22(24,25)15-3-1-2-4-16(15)29-21(34)28-13-5-7-14(8-6-13)30(27)9-12(26)11-35-20-19(33)18(32)17(10-31)36-20/h1-9,17-20,31-33H,10-11,26-27H2,(H2,28,29,34)/b12-9-. The number of nitrogens with zero attached hydrogens (tertiary/aromatic N) is 1. The Morgan fingerprint density at radius 3 is 2.39 bits per heavy atom. The summed E-state index contributed by atoms with van der Waals surface area (Å²) >= 11 is 0. The number of hydrazine groups is 1. The summed E-state index contributed by atoms with van der Waals surface area (Å²) in [5.41, 5.74) is 5.39. The number of aliphatic hydroxyl groups is 3. The second kappa shape index (κ2) is 11.6. The lowest BCUT2D eigenvalue weighted by atomic mass is 10.1. The lowest BCUT2D eigenvalue weighted by molar-refractivity contribution is -0.164. The zero-order valence-electron chi connectivity index (χ0n) is 18.7. The molecule has 0 radical (unpaired) electrons. The van der Waals surface area contributed by atoms with E-state index in [1.165, 1.54) is 42.6 Å². The van der Waals surface area contributed by atoms with E-state index >= 15 is 0 Å². The number of aliphatic hydroxyl groups excluding tert-OH is 3. The van der Waals surface area contributed by atoms with E-state index in [9.17, 15) is 28.2 Å². The SMILES string of the molecule is N/C(=C\N(N)c1ccc(NC(=O)Nc2ccccc2C(F)(F)F)cc1)COC1OC(CO)C(O)C1O. The molecule has 1 aliphatic heterocycles. The molecule has 196 valence electrons. The molecule has 0 aliphatic carbocycles. The minimum absolute atomic E-state index is 0.139. The summed E-state index contributed by atoms with van der Waals surface area (Å²) in [7, 11) is 0. The van der Waals surface area contributed by atoms with Crippen LogP contribution in [0.25, 0.3) is 0 Å². The average molecular weight is 513 g/mol. The monoisotopic (exact) mass is 513 g/mol. The molecule has 0 bridgehead atoms. The number of hydrogen-bond acceptors (Lipinski definition) is 9. The molecule has 3 rings (SSSR count). The van der Waals surface area contributed by atoms with Crippen LogP contribution in [0.3, 0.4) is 0 Å². The molecule has 4 atom stereocenters. The molecule has 0 saturated carbocycles. The highest BCUT2D eigenvalue weighted by atomic mass is 19.4. The van der Waals surface area contributed by atoms with Crippen LogP contribution in [0.4, 0.5) is 35.0 Å². The number of nitrogens with one attached hydrogen (secondary N) is 2. The summed E-state index contributed by atoms with van der Waals surface area (Å²) in [6.07, 6.45) is -8.12. The summed E-state index contributed by atoms with van der Waals surface area (Å²) in [6, 6.07) is 9.74. The van der Waals surface area contributed by atoms with E-state index in [4.69, 9.17) is 26.2 Å². The Kier molecular flexibility index (Phi) is 8.73. The number of anilines is 3. The van der Waals surface area contributed by atoms with Crippen LogP contribution >= 0.6 is 0 Å². The molecule has 1 fully saturated rings. The first kappa shape index (κ1) is 27.2. The quantitative estimate of drug-likeness (QED) is 0.203. The zero-order chi connectivity index (χ0) is 26.5. The third-order valence-corrected chi connectivity index (χ3v) is 5.12. The van der Waals surface area contributed by atoms with Crippen LogP contribution in [-0.2, 0) is 15.7 Å². The molecule has 14 heteroatoms. The minimum Gasteiger partial charge on any atom is -0.399 e. The first-order valence-electron chi connectivity index (χ1n) is 10.6. The van der Waals surface area contributed by atoms with Gasteiger partial charge in [0, 0.05) is 11.9 Å². The largest absolute Gasteiger partial charge is 0.418 e. The molecule has 1 heterocycles. The summed E-state index contributed by atoms with van der Waals surface area (Å²) in [5.74, 6) is 5.94. The fourth-order valence-electron chi connectivity index (χ4n) is 3.31. The van der Waals surface area contributed by atoms with E-state index in [2.05, 4.69) is 10.6 Å². The highest BCUT2D eigenvalue weighted by molar-refractivity contribution is 6.00. The van der Waals surface area contributed by atoms with Gasteiger partial charge in [0.25, 0.3) is 0 Å². The predicted molar refractivity (Wildman–Crippen MR) is 123 cm³/mol. The van der Waals surface area contributed by atoms with E-state index < -0.39 is 49.0 Å². The fraction of sp³-hybridized carbons (Fsp3) is 0.318. The first-order chi connectivity index (χ1) is 17.0. The Hall–Kier alpha value is -3.40. The number of amides is 2. The third-order valence-electron chi connectivity index (χ3n) is 5.12. The number of rotatable bonds is 8. The molecule has 36 heavy (non-hydrogen) atoms. The second-order valence-electron chi connectivity index (χ2n) is 7.80. The predicted octanol–water partition coefficient (Wildman–Crippen LogP) is 1.29. The second-order valence-corrected chi connectivity index (χ2v) is 7.80. The van der Waals surface area contributed by atoms with Crippen LogP contribution in [0.1, 0.15) is 5.56 Å². The topological polar surface area (TPSA) is 176 Å². The van der Waals surface area contributed by atoms with Crippen LogP contribution in [0.15, 0.2) is 60.4 Å². The van der Waals surface area contributed by atoms with Crippen molar-refractivity contribution in [2.45, 2.75) is 30.8 Å². The molecular formula is C22H26F3N5O6. The molecule has 1 saturated heterocycles. The van der Waals surface area contributed by atoms with Crippen molar-refractivity contribution in [1.82, 2.24) is 0 Å². The van der Waals surface area contributed by atoms with Crippen LogP contribution in [0.2, 0.25) is 0 Å². The molecule has 4 unspecified atom stereocenters. The van der Waals surface area contributed by atoms with Crippen molar-refractivity contribution in [2.24, 2.45) is 11.6 Å². The maximum absolute atomic E-state index is 13.1. The van der Waals surface area contributed by atoms with E-state index in [1.807, 2.05) is 0 Å². The average Bonchev–Trinajstić information content (AvgIpc) is 3.10. The maximum Gasteiger partial charge on any atom is 0.418 e. The highest BCUT2D eigenvalue weighted by Crippen LogP contribution is 2.34. The van der Waals surface area contributed by atoms with Gasteiger partial charge in [0.05, 0.1) is 35.8 Å². The number of ether oxygens (including phenoxy) is 2. The summed E-state index contributed by atoms with van der Waals surface area (Å²) in [6.45, 7) is -0.702. The third kappa shape index (κ3) is 6.84. The van der Waals surface area contributed by atoms with Crippen molar-refractivity contribution < 1.29 is 42.8 Å². The van der Waals surface area contributed by atoms with Crippen LogP contribution < -0.4 is 27.2 Å². The Morgan fingerprint density at radius 1 is 1.11 bits per heavy atom. The Balaban J connectivity index is 1.54. The van der Waals surface area contributed by atoms with Crippen molar-refractivity contribution in [3.8, 4) is 0 Å². The maximum atomic E-state index is 13.1. The van der Waals surface area contributed by atoms with Gasteiger partial charge in [-0.25, -0.2) is 10.6 Å². The van der Waals surface area contributed by atoms with Gasteiger partial charge in [-0.3, -0.25) is 5.01 Å². The summed E-state index contributed by atoms with van der Waals surface area (Å²) in [4.78, 5) is 12.2. The van der Waals surface area contributed by atoms with Crippen molar-refractivity contribution >= 4 is 23.1 Å². The number of nitrogens with two attached hydrogens (primary N) is 2. The number of carbonyl (C=O) groups excluding carboxylic acids is 1. The molecule has 11 nitrogen and oxygen atoms in total. The van der Waals surface area contributed by atoms with Crippen LogP contribution in [-0.4, -0.2) is 59.2 Å². The van der Waals surface area contributed by atoms with Gasteiger partial charge in [-0.05, 0) is 36.4 Å². The molecular weight excluding hydrogens is 487 g/mol. The number of alkyl halides is 3. The molecule has 2 aromatic rings. The molecule has 9 N–H and O–H groups in total. The van der Waals surface area contributed by atoms with E-state index in [-0.39, 0.29) is 18.0 Å². The van der Waals surface area contributed by atoms with Crippen molar-refractivity contribution in [1.29, 1.82) is 0 Å². The van der Waals surface area contributed by atoms with Gasteiger partial charge in [0.1, 0.15) is 18.3 Å². The number of hydrogen-bond donors (Lipinski definition) is 7. The number of para-hydroxylation sites is 1. The van der Waals surface area contributed by atoms with Crippen LogP contribution in [0.5, 0.6) is 0 Å². The Labute approximate surface area is 203 Å². The number of urea groups is 1. The number of benzene rings is 2. The normalized spacial score (nSPS) is 22.4. The van der Waals surface area contributed by atoms with Crippen LogP contribution in [0, 0.1) is 0 Å². The molecule has 2 amide bonds. The molecule has 1 aliphatic rings. The van der Waals surface area contributed by atoms with Crippen molar-refractivity contribution in [2.75, 3.05) is 28.9 Å². The van der Waals surface area contributed by atoms with Gasteiger partial charge in [-0.15, -0.1) is 0 Å². The Morgan fingerprint density at radius 2 is 1.78 bits per heavy atom. The smallest absolute Gasteiger partial charge is 0.399 e. The van der Waals surface area contributed by atoms with Gasteiger partial charge in [0.15, 0.2) is 6.29 Å². The number of halogens is 3. The van der Waals surface area contributed by atoms with Crippen molar-refractivity contribution in [3.05, 3.63) is 66.0 Å². The molecule has 2 aromatic carbocycles. The van der Waals surface area contributed by atoms with Gasteiger partial charge in [-0.2, -0.15) is 13.2 Å². The number of carbonyl (C=O) groups is 1. The molecule has 0 aromatic heterocycles. The first-order valence-corrected chi connectivity index (χ1v) is 10.6. The van der Waals surface area contributed by atoms with Gasteiger partial charge in [-0.1, -0.05) is 12.1 Å². The minimum atomic E-state index is -4.62. The lowest BCUT2D eigenvalue weighted by Crippen LogP contribution is -2.35. The highest BCUT2D eigenvalue weighted by Gasteiger charge is 2.43. The van der Waals surface area contributed by atoms with E-state index in [0.717, 1.165) is 17.1 Å². The van der Waals surface area contributed by atoms with Gasteiger partial charge < -0.3 is 41.2 Å².